The average Bonchev–Trinajstić information content (AvgIpc) is 2.76. The molecular formula is C24H20O6S. The molecule has 0 atom stereocenters. The van der Waals surface area contributed by atoms with Crippen LogP contribution in [0.5, 0.6) is 23.0 Å². The van der Waals surface area contributed by atoms with E-state index in [1.165, 1.54) is 12.1 Å². The minimum atomic E-state index is -0.750. The van der Waals surface area contributed by atoms with Gasteiger partial charge in [0.1, 0.15) is 23.0 Å². The molecule has 4 aromatic carbocycles. The van der Waals surface area contributed by atoms with Crippen LogP contribution in [0, 0.1) is 0 Å². The highest BCUT2D eigenvalue weighted by atomic mass is 32.1. The first-order chi connectivity index (χ1) is 15.0. The van der Waals surface area contributed by atoms with E-state index in [0.717, 1.165) is 22.3 Å². The molecule has 4 N–H and O–H groups in total. The third kappa shape index (κ3) is 7.02. The van der Waals surface area contributed by atoms with Crippen molar-refractivity contribution in [3.8, 4) is 45.3 Å². The first kappa shape index (κ1) is 23.2. The van der Waals surface area contributed by atoms with Gasteiger partial charge in [-0.3, -0.25) is 0 Å². The van der Waals surface area contributed by atoms with Gasteiger partial charge >= 0.3 is 11.6 Å². The van der Waals surface area contributed by atoms with E-state index < -0.39 is 11.6 Å². The summed E-state index contributed by atoms with van der Waals surface area (Å²) in [7, 11) is 0. The maximum atomic E-state index is 9.58. The number of benzene rings is 4. The zero-order valence-corrected chi connectivity index (χ0v) is 17.1. The van der Waals surface area contributed by atoms with Gasteiger partial charge in [0.25, 0.3) is 0 Å². The van der Waals surface area contributed by atoms with Crippen molar-refractivity contribution in [1.82, 2.24) is 0 Å². The van der Waals surface area contributed by atoms with Crippen molar-refractivity contribution in [3.05, 3.63) is 97.1 Å². The molecule has 0 heterocycles. The van der Waals surface area contributed by atoms with E-state index in [0.29, 0.717) is 0 Å². The van der Waals surface area contributed by atoms with Gasteiger partial charge in [-0.15, -0.1) is 0 Å². The van der Waals surface area contributed by atoms with Crippen LogP contribution in [0.15, 0.2) is 97.1 Å². The van der Waals surface area contributed by atoms with Gasteiger partial charge in [0.05, 0.1) is 0 Å². The molecule has 0 fully saturated rings. The standard InChI is InChI=1S/2C12H10O2.O2S/c2*13-10-6-7-11(12(14)8-10)9-4-2-1-3-5-9;1-3-2/h2*1-8,13-14H;. The van der Waals surface area contributed by atoms with Crippen molar-refractivity contribution in [3.63, 3.8) is 0 Å². The lowest BCUT2D eigenvalue weighted by atomic mass is 10.0. The van der Waals surface area contributed by atoms with Crippen molar-refractivity contribution in [1.29, 1.82) is 0 Å². The minimum Gasteiger partial charge on any atom is -0.508 e. The summed E-state index contributed by atoms with van der Waals surface area (Å²) in [6, 6.07) is 28.3. The minimum absolute atomic E-state index is 0.0715. The highest BCUT2D eigenvalue weighted by Crippen LogP contribution is 2.32. The van der Waals surface area contributed by atoms with E-state index in [4.69, 9.17) is 18.6 Å². The third-order valence-corrected chi connectivity index (χ3v) is 4.13. The van der Waals surface area contributed by atoms with Crippen LogP contribution in [0.1, 0.15) is 0 Å². The normalized spacial score (nSPS) is 9.42. The van der Waals surface area contributed by atoms with Crippen molar-refractivity contribution in [2.75, 3.05) is 0 Å². The SMILES string of the molecule is O=S=O.Oc1ccc(-c2ccccc2)c(O)c1.Oc1ccc(-c2ccccc2)c(O)c1. The Morgan fingerprint density at radius 3 is 1.10 bits per heavy atom. The number of aromatic hydroxyl groups is 4. The first-order valence-electron chi connectivity index (χ1n) is 9.03. The van der Waals surface area contributed by atoms with E-state index in [2.05, 4.69) is 0 Å². The Balaban J connectivity index is 0.000000196. The quantitative estimate of drug-likeness (QED) is 0.357. The second-order valence-electron chi connectivity index (χ2n) is 6.20. The van der Waals surface area contributed by atoms with Gasteiger partial charge in [-0.2, -0.15) is 8.42 Å². The Bertz CT molecular complexity index is 1050. The summed E-state index contributed by atoms with van der Waals surface area (Å²) < 4.78 is 16.6. The van der Waals surface area contributed by atoms with Crippen LogP contribution in [0.3, 0.4) is 0 Å². The molecule has 0 aliphatic heterocycles. The molecule has 0 bridgehead atoms. The van der Waals surface area contributed by atoms with E-state index in [1.807, 2.05) is 60.7 Å². The maximum Gasteiger partial charge on any atom is 0.335 e. The molecule has 0 unspecified atom stereocenters. The highest BCUT2D eigenvalue weighted by molar-refractivity contribution is 7.51. The van der Waals surface area contributed by atoms with Crippen molar-refractivity contribution < 1.29 is 28.8 Å². The summed E-state index contributed by atoms with van der Waals surface area (Å²) in [5.74, 6) is 0.330. The zero-order valence-electron chi connectivity index (χ0n) is 16.3. The first-order valence-corrected chi connectivity index (χ1v) is 9.69. The van der Waals surface area contributed by atoms with E-state index in [-0.39, 0.29) is 23.0 Å². The van der Waals surface area contributed by atoms with Crippen LogP contribution < -0.4 is 0 Å². The topological polar surface area (TPSA) is 115 Å². The number of phenols is 4. The molecule has 0 aliphatic carbocycles. The molecule has 158 valence electrons. The number of phenolic OH excluding ortho intramolecular Hbond substituents is 4. The molecule has 0 amide bonds. The fourth-order valence-electron chi connectivity index (χ4n) is 2.76. The Hall–Kier alpha value is -4.10. The fourth-order valence-corrected chi connectivity index (χ4v) is 2.76. The Kier molecular flexibility index (Phi) is 8.82. The predicted molar refractivity (Wildman–Crippen MR) is 119 cm³/mol. The van der Waals surface area contributed by atoms with E-state index in [1.54, 1.807) is 24.3 Å². The number of rotatable bonds is 2. The molecule has 6 nitrogen and oxygen atoms in total. The molecule has 0 saturated heterocycles. The molecule has 0 radical (unpaired) electrons. The van der Waals surface area contributed by atoms with Crippen LogP contribution in [-0.4, -0.2) is 28.8 Å². The second kappa shape index (κ2) is 11.8. The van der Waals surface area contributed by atoms with Crippen molar-refractivity contribution in [2.45, 2.75) is 0 Å². The lowest BCUT2D eigenvalue weighted by Gasteiger charge is -2.04. The maximum absolute atomic E-state index is 9.58. The molecule has 0 aliphatic rings. The number of hydrogen-bond donors (Lipinski definition) is 4. The third-order valence-electron chi connectivity index (χ3n) is 4.13. The lowest BCUT2D eigenvalue weighted by molar-refractivity contribution is 0.451. The molecule has 0 aromatic heterocycles. The summed E-state index contributed by atoms with van der Waals surface area (Å²) in [6.45, 7) is 0. The molecule has 31 heavy (non-hydrogen) atoms. The zero-order chi connectivity index (χ0) is 22.6. The molecule has 4 aromatic rings. The van der Waals surface area contributed by atoms with Gasteiger partial charge in [0.2, 0.25) is 0 Å². The lowest BCUT2D eigenvalue weighted by Crippen LogP contribution is -1.77. The van der Waals surface area contributed by atoms with Crippen LogP contribution in [0.25, 0.3) is 22.3 Å². The van der Waals surface area contributed by atoms with Crippen molar-refractivity contribution >= 4 is 11.6 Å². The van der Waals surface area contributed by atoms with Crippen molar-refractivity contribution in [2.24, 2.45) is 0 Å². The largest absolute Gasteiger partial charge is 0.508 e. The van der Waals surface area contributed by atoms with Crippen LogP contribution >= 0.6 is 0 Å². The summed E-state index contributed by atoms with van der Waals surface area (Å²) >= 11 is -0.750. The Morgan fingerprint density at radius 1 is 0.484 bits per heavy atom. The van der Waals surface area contributed by atoms with Gasteiger partial charge in [0, 0.05) is 23.3 Å². The summed E-state index contributed by atoms with van der Waals surface area (Å²) in [6.07, 6.45) is 0. The smallest absolute Gasteiger partial charge is 0.335 e. The Labute approximate surface area is 182 Å². The van der Waals surface area contributed by atoms with Gasteiger partial charge in [-0.25, -0.2) is 0 Å². The summed E-state index contributed by atoms with van der Waals surface area (Å²) in [4.78, 5) is 0. The van der Waals surface area contributed by atoms with Crippen LogP contribution in [0.2, 0.25) is 0 Å². The fraction of sp³-hybridized carbons (Fsp3) is 0. The predicted octanol–water partition coefficient (Wildman–Crippen LogP) is 4.86. The average molecular weight is 436 g/mol. The Morgan fingerprint density at radius 2 is 0.806 bits per heavy atom. The van der Waals surface area contributed by atoms with Gasteiger partial charge in [-0.05, 0) is 35.4 Å². The molecule has 0 saturated carbocycles. The summed E-state index contributed by atoms with van der Waals surface area (Å²) in [5.41, 5.74) is 3.32. The van der Waals surface area contributed by atoms with Gasteiger partial charge in [-0.1, -0.05) is 60.7 Å². The van der Waals surface area contributed by atoms with E-state index in [9.17, 15) is 10.2 Å². The second-order valence-corrected chi connectivity index (χ2v) is 6.34. The molecule has 0 spiro atoms. The molecule has 4 rings (SSSR count). The number of hydrogen-bond acceptors (Lipinski definition) is 6. The molecular weight excluding hydrogens is 416 g/mol. The van der Waals surface area contributed by atoms with Crippen LogP contribution in [-0.2, 0) is 11.6 Å². The summed E-state index contributed by atoms with van der Waals surface area (Å²) in [5, 5.41) is 37.4. The monoisotopic (exact) mass is 436 g/mol. The van der Waals surface area contributed by atoms with E-state index >= 15 is 0 Å². The van der Waals surface area contributed by atoms with Gasteiger partial charge in [0.15, 0.2) is 0 Å². The van der Waals surface area contributed by atoms with Crippen LogP contribution in [0.4, 0.5) is 0 Å². The highest BCUT2D eigenvalue weighted by Gasteiger charge is 2.04. The van der Waals surface area contributed by atoms with Gasteiger partial charge < -0.3 is 20.4 Å². The molecule has 7 heteroatoms.